The van der Waals surface area contributed by atoms with E-state index >= 15 is 0 Å². The molecular formula is C27H25N3O. The van der Waals surface area contributed by atoms with Crippen LogP contribution in [-0.2, 0) is 0 Å². The Morgan fingerprint density at radius 3 is 2.42 bits per heavy atom. The second-order valence-electron chi connectivity index (χ2n) is 8.56. The summed E-state index contributed by atoms with van der Waals surface area (Å²) in [6.07, 6.45) is 2.31. The van der Waals surface area contributed by atoms with E-state index in [0.717, 1.165) is 22.2 Å². The van der Waals surface area contributed by atoms with Gasteiger partial charge in [0.15, 0.2) is 5.82 Å². The van der Waals surface area contributed by atoms with Crippen molar-refractivity contribution >= 4 is 22.2 Å². The van der Waals surface area contributed by atoms with Crippen LogP contribution < -0.4 is 9.64 Å². The van der Waals surface area contributed by atoms with Crippen molar-refractivity contribution < 1.29 is 4.74 Å². The summed E-state index contributed by atoms with van der Waals surface area (Å²) in [5.74, 6) is 1.98. The molecule has 1 aromatic heterocycles. The minimum atomic E-state index is -0.0191. The largest absolute Gasteiger partial charge is 0.438 e. The number of aromatic nitrogens is 2. The Balaban J connectivity index is 1.64. The van der Waals surface area contributed by atoms with E-state index in [2.05, 4.69) is 57.0 Å². The number of benzene rings is 3. The number of likely N-dealkylation sites (N-methyl/N-ethyl adjacent to an activating group) is 1. The van der Waals surface area contributed by atoms with Gasteiger partial charge in [-0.1, -0.05) is 36.4 Å². The van der Waals surface area contributed by atoms with Gasteiger partial charge < -0.3 is 9.64 Å². The summed E-state index contributed by atoms with van der Waals surface area (Å²) in [5.41, 5.74) is 5.51. The van der Waals surface area contributed by atoms with E-state index in [1.165, 1.54) is 16.8 Å². The van der Waals surface area contributed by atoms with E-state index < -0.39 is 0 Å². The Morgan fingerprint density at radius 1 is 0.871 bits per heavy atom. The number of hydrogen-bond acceptors (Lipinski definition) is 4. The van der Waals surface area contributed by atoms with E-state index in [9.17, 15) is 0 Å². The highest BCUT2D eigenvalue weighted by atomic mass is 16.5. The minimum absolute atomic E-state index is 0.0191. The summed E-state index contributed by atoms with van der Waals surface area (Å²) in [6.45, 7) is 6.63. The van der Waals surface area contributed by atoms with Gasteiger partial charge in [0, 0.05) is 23.9 Å². The van der Waals surface area contributed by atoms with Crippen LogP contribution in [0.4, 0.5) is 5.69 Å². The van der Waals surface area contributed by atoms with Crippen LogP contribution in [0.3, 0.4) is 0 Å². The molecule has 0 radical (unpaired) electrons. The second-order valence-corrected chi connectivity index (χ2v) is 8.56. The molecule has 1 aliphatic rings. The van der Waals surface area contributed by atoms with Crippen molar-refractivity contribution in [3.8, 4) is 23.0 Å². The molecule has 0 saturated carbocycles. The maximum absolute atomic E-state index is 6.16. The monoisotopic (exact) mass is 407 g/mol. The highest BCUT2D eigenvalue weighted by Gasteiger charge is 2.28. The zero-order chi connectivity index (χ0) is 21.6. The number of allylic oxidation sites excluding steroid dienone is 1. The van der Waals surface area contributed by atoms with Crippen molar-refractivity contribution in [3.05, 3.63) is 84.4 Å². The number of nitrogens with zero attached hydrogens (tertiary/aromatic N) is 3. The fourth-order valence-electron chi connectivity index (χ4n) is 4.15. The number of fused-ring (bicyclic) bond motifs is 2. The maximum Gasteiger partial charge on any atom is 0.230 e. The third kappa shape index (κ3) is 3.44. The molecule has 0 bridgehead atoms. The van der Waals surface area contributed by atoms with Gasteiger partial charge in [-0.15, -0.1) is 0 Å². The van der Waals surface area contributed by atoms with Gasteiger partial charge in [-0.3, -0.25) is 0 Å². The zero-order valence-corrected chi connectivity index (χ0v) is 18.3. The van der Waals surface area contributed by atoms with Crippen LogP contribution in [-0.4, -0.2) is 22.6 Å². The van der Waals surface area contributed by atoms with Crippen molar-refractivity contribution in [1.82, 2.24) is 9.97 Å². The molecule has 0 spiro atoms. The van der Waals surface area contributed by atoms with E-state index in [0.29, 0.717) is 11.7 Å². The molecule has 2 heterocycles. The summed E-state index contributed by atoms with van der Waals surface area (Å²) >= 11 is 0. The quantitative estimate of drug-likeness (QED) is 0.378. The van der Waals surface area contributed by atoms with Gasteiger partial charge >= 0.3 is 0 Å². The molecule has 0 atom stereocenters. The Labute approximate surface area is 182 Å². The van der Waals surface area contributed by atoms with Crippen LogP contribution in [0.15, 0.2) is 78.9 Å². The van der Waals surface area contributed by atoms with Crippen molar-refractivity contribution in [3.63, 3.8) is 0 Å². The fourth-order valence-corrected chi connectivity index (χ4v) is 4.15. The second kappa shape index (κ2) is 7.24. The first-order chi connectivity index (χ1) is 14.9. The molecule has 4 heteroatoms. The summed E-state index contributed by atoms with van der Waals surface area (Å²) in [4.78, 5) is 12.0. The third-order valence-corrected chi connectivity index (χ3v) is 6.00. The van der Waals surface area contributed by atoms with E-state index in [1.807, 2.05) is 54.6 Å². The molecule has 0 aliphatic carbocycles. The average Bonchev–Trinajstić information content (AvgIpc) is 2.78. The Kier molecular flexibility index (Phi) is 4.51. The summed E-state index contributed by atoms with van der Waals surface area (Å²) < 4.78 is 6.16. The molecule has 154 valence electrons. The lowest BCUT2D eigenvalue weighted by molar-refractivity contribution is 0.469. The first kappa shape index (κ1) is 19.3. The Hall–Kier alpha value is -3.66. The standard InChI is InChI=1S/C27H25N3O/c1-18-17-27(2,3)30(4)24-15-14-19(16-22(18)24)25-28-23-13-9-8-12-21(23)26(29-25)31-20-10-6-5-7-11-20/h5-17H,1-4H3. The van der Waals surface area contributed by atoms with Crippen LogP contribution >= 0.6 is 0 Å². The number of ether oxygens (including phenoxy) is 1. The van der Waals surface area contributed by atoms with Crippen LogP contribution in [0.1, 0.15) is 26.3 Å². The lowest BCUT2D eigenvalue weighted by Gasteiger charge is -2.40. The summed E-state index contributed by atoms with van der Waals surface area (Å²) in [7, 11) is 2.14. The molecule has 1 aliphatic heterocycles. The third-order valence-electron chi connectivity index (χ3n) is 6.00. The molecule has 4 aromatic rings. The van der Waals surface area contributed by atoms with Crippen LogP contribution in [0.5, 0.6) is 11.6 Å². The summed E-state index contributed by atoms with van der Waals surface area (Å²) in [5, 5.41) is 0.894. The van der Waals surface area contributed by atoms with Crippen molar-refractivity contribution in [2.45, 2.75) is 26.3 Å². The smallest absolute Gasteiger partial charge is 0.230 e. The highest BCUT2D eigenvalue weighted by Crippen LogP contribution is 2.40. The van der Waals surface area contributed by atoms with Gasteiger partial charge in [0.1, 0.15) is 5.75 Å². The average molecular weight is 408 g/mol. The van der Waals surface area contributed by atoms with Crippen molar-refractivity contribution in [2.75, 3.05) is 11.9 Å². The molecule has 5 rings (SSSR count). The normalized spacial score (nSPS) is 14.8. The molecule has 3 aromatic carbocycles. The van der Waals surface area contributed by atoms with Crippen molar-refractivity contribution in [2.24, 2.45) is 0 Å². The van der Waals surface area contributed by atoms with E-state index in [-0.39, 0.29) is 5.54 Å². The molecule has 31 heavy (non-hydrogen) atoms. The SMILES string of the molecule is CC1=CC(C)(C)N(C)c2ccc(-c3nc(Oc4ccccc4)c4ccccc4n3)cc21. The lowest BCUT2D eigenvalue weighted by Crippen LogP contribution is -2.41. The predicted octanol–water partition coefficient (Wildman–Crippen LogP) is 6.72. The van der Waals surface area contributed by atoms with Gasteiger partial charge in [0.2, 0.25) is 5.88 Å². The molecule has 0 saturated heterocycles. The number of hydrogen-bond donors (Lipinski definition) is 0. The Morgan fingerprint density at radius 2 is 1.61 bits per heavy atom. The predicted molar refractivity (Wildman–Crippen MR) is 128 cm³/mol. The topological polar surface area (TPSA) is 38.2 Å². The van der Waals surface area contributed by atoms with Gasteiger partial charge in [0.05, 0.1) is 16.4 Å². The number of para-hydroxylation sites is 2. The van der Waals surface area contributed by atoms with E-state index in [1.54, 1.807) is 0 Å². The highest BCUT2D eigenvalue weighted by molar-refractivity contribution is 5.87. The fraction of sp³-hybridized carbons (Fsp3) is 0.185. The molecule has 0 fully saturated rings. The van der Waals surface area contributed by atoms with E-state index in [4.69, 9.17) is 14.7 Å². The van der Waals surface area contributed by atoms with Crippen LogP contribution in [0.2, 0.25) is 0 Å². The van der Waals surface area contributed by atoms with Gasteiger partial charge in [-0.25, -0.2) is 4.98 Å². The molecule has 0 unspecified atom stereocenters. The number of rotatable bonds is 3. The van der Waals surface area contributed by atoms with Gasteiger partial charge in [-0.05, 0) is 68.8 Å². The van der Waals surface area contributed by atoms with Crippen LogP contribution in [0.25, 0.3) is 27.9 Å². The van der Waals surface area contributed by atoms with Gasteiger partial charge in [-0.2, -0.15) is 4.98 Å². The molecule has 0 amide bonds. The molecule has 0 N–H and O–H groups in total. The first-order valence-corrected chi connectivity index (χ1v) is 10.5. The zero-order valence-electron chi connectivity index (χ0n) is 18.3. The van der Waals surface area contributed by atoms with Crippen molar-refractivity contribution in [1.29, 1.82) is 0 Å². The lowest BCUT2D eigenvalue weighted by atomic mass is 9.88. The molecule has 4 nitrogen and oxygen atoms in total. The van der Waals surface area contributed by atoms with Crippen LogP contribution in [0, 0.1) is 0 Å². The maximum atomic E-state index is 6.16. The minimum Gasteiger partial charge on any atom is -0.438 e. The van der Waals surface area contributed by atoms with Gasteiger partial charge in [0.25, 0.3) is 0 Å². The molecular weight excluding hydrogens is 382 g/mol. The number of anilines is 1. The Bertz CT molecular complexity index is 1310. The summed E-state index contributed by atoms with van der Waals surface area (Å²) in [6, 6.07) is 24.2. The first-order valence-electron chi connectivity index (χ1n) is 10.5.